The molecule has 1 fully saturated rings. The van der Waals surface area contributed by atoms with E-state index in [1.165, 1.54) is 0 Å². The van der Waals surface area contributed by atoms with E-state index in [2.05, 4.69) is 25.2 Å². The van der Waals surface area contributed by atoms with Gasteiger partial charge in [-0.2, -0.15) is 0 Å². The molecular weight excluding hydrogens is 214 g/mol. The van der Waals surface area contributed by atoms with Gasteiger partial charge < -0.3 is 15.2 Å². The summed E-state index contributed by atoms with van der Waals surface area (Å²) in [6, 6.07) is 6.01. The van der Waals surface area contributed by atoms with E-state index in [4.69, 9.17) is 4.74 Å². The SMILES string of the molecule is COc1ccc(C2(O)CCNC2)cc1C(C)C. The fourth-order valence-electron chi connectivity index (χ4n) is 2.40. The molecule has 0 bridgehead atoms. The van der Waals surface area contributed by atoms with Crippen LogP contribution in [0.5, 0.6) is 5.75 Å². The molecule has 1 aromatic rings. The molecule has 0 radical (unpaired) electrons. The molecule has 3 nitrogen and oxygen atoms in total. The van der Waals surface area contributed by atoms with Crippen LogP contribution >= 0.6 is 0 Å². The molecule has 2 N–H and O–H groups in total. The van der Waals surface area contributed by atoms with Crippen molar-refractivity contribution < 1.29 is 9.84 Å². The average molecular weight is 235 g/mol. The topological polar surface area (TPSA) is 41.5 Å². The standard InChI is InChI=1S/C14H21NO2/c1-10(2)12-8-11(4-5-13(12)17-3)14(16)6-7-15-9-14/h4-5,8,10,15-16H,6-7,9H2,1-3H3. The van der Waals surface area contributed by atoms with Gasteiger partial charge in [-0.25, -0.2) is 0 Å². The first-order valence-corrected chi connectivity index (χ1v) is 6.18. The van der Waals surface area contributed by atoms with Gasteiger partial charge in [0.1, 0.15) is 11.4 Å². The van der Waals surface area contributed by atoms with Crippen molar-refractivity contribution >= 4 is 0 Å². The van der Waals surface area contributed by atoms with Crippen molar-refractivity contribution in [2.75, 3.05) is 20.2 Å². The molecule has 1 heterocycles. The quantitative estimate of drug-likeness (QED) is 0.842. The molecule has 0 spiro atoms. The molecule has 1 unspecified atom stereocenters. The van der Waals surface area contributed by atoms with Crippen LogP contribution in [0.2, 0.25) is 0 Å². The summed E-state index contributed by atoms with van der Waals surface area (Å²) in [7, 11) is 1.69. The first kappa shape index (κ1) is 12.4. The second-order valence-corrected chi connectivity index (χ2v) is 5.07. The van der Waals surface area contributed by atoms with Gasteiger partial charge in [0.15, 0.2) is 0 Å². The van der Waals surface area contributed by atoms with E-state index in [-0.39, 0.29) is 0 Å². The first-order chi connectivity index (χ1) is 8.07. The smallest absolute Gasteiger partial charge is 0.122 e. The number of hydrogen-bond donors (Lipinski definition) is 2. The van der Waals surface area contributed by atoms with Crippen molar-refractivity contribution in [3.63, 3.8) is 0 Å². The number of ether oxygens (including phenoxy) is 1. The molecule has 2 rings (SSSR count). The molecule has 94 valence electrons. The Labute approximate surface area is 103 Å². The number of benzene rings is 1. The fraction of sp³-hybridized carbons (Fsp3) is 0.571. The van der Waals surface area contributed by atoms with Crippen molar-refractivity contribution in [2.24, 2.45) is 0 Å². The monoisotopic (exact) mass is 235 g/mol. The van der Waals surface area contributed by atoms with E-state index in [1.807, 2.05) is 12.1 Å². The van der Waals surface area contributed by atoms with Crippen LogP contribution in [-0.4, -0.2) is 25.3 Å². The molecule has 0 aliphatic carbocycles. The molecule has 0 aromatic heterocycles. The Balaban J connectivity index is 2.40. The summed E-state index contributed by atoms with van der Waals surface area (Å²) in [4.78, 5) is 0. The van der Waals surface area contributed by atoms with Crippen LogP contribution in [0.15, 0.2) is 18.2 Å². The van der Waals surface area contributed by atoms with Gasteiger partial charge >= 0.3 is 0 Å². The van der Waals surface area contributed by atoms with Crippen molar-refractivity contribution in [3.05, 3.63) is 29.3 Å². The number of methoxy groups -OCH3 is 1. The molecular formula is C14H21NO2. The molecule has 0 amide bonds. The molecule has 1 aliphatic rings. The van der Waals surface area contributed by atoms with Gasteiger partial charge in [-0.3, -0.25) is 0 Å². The number of hydrogen-bond acceptors (Lipinski definition) is 3. The van der Waals surface area contributed by atoms with Crippen LogP contribution in [0.1, 0.15) is 37.3 Å². The number of β-amino-alcohol motifs (C(OH)–C–C–N with tert-alkyl or cyclic N) is 1. The zero-order valence-corrected chi connectivity index (χ0v) is 10.8. The predicted molar refractivity (Wildman–Crippen MR) is 68.5 cm³/mol. The van der Waals surface area contributed by atoms with Gasteiger partial charge in [0, 0.05) is 6.54 Å². The fourth-order valence-corrected chi connectivity index (χ4v) is 2.40. The lowest BCUT2D eigenvalue weighted by Gasteiger charge is -2.24. The first-order valence-electron chi connectivity index (χ1n) is 6.18. The van der Waals surface area contributed by atoms with Crippen LogP contribution in [0.4, 0.5) is 0 Å². The van der Waals surface area contributed by atoms with E-state index in [0.717, 1.165) is 29.8 Å². The van der Waals surface area contributed by atoms with E-state index < -0.39 is 5.60 Å². The summed E-state index contributed by atoms with van der Waals surface area (Å²) in [5.41, 5.74) is 1.44. The van der Waals surface area contributed by atoms with Crippen LogP contribution in [-0.2, 0) is 5.60 Å². The minimum absolute atomic E-state index is 0.392. The maximum Gasteiger partial charge on any atom is 0.122 e. The molecule has 3 heteroatoms. The van der Waals surface area contributed by atoms with Crippen LogP contribution in [0.25, 0.3) is 0 Å². The van der Waals surface area contributed by atoms with E-state index in [0.29, 0.717) is 12.5 Å². The number of nitrogens with one attached hydrogen (secondary N) is 1. The maximum absolute atomic E-state index is 10.5. The Morgan fingerprint density at radius 2 is 2.18 bits per heavy atom. The predicted octanol–water partition coefficient (Wildman–Crippen LogP) is 2.00. The summed E-state index contributed by atoms with van der Waals surface area (Å²) in [6.45, 7) is 5.79. The molecule has 1 aromatic carbocycles. The summed E-state index contributed by atoms with van der Waals surface area (Å²) in [5.74, 6) is 1.29. The minimum atomic E-state index is -0.712. The lowest BCUT2D eigenvalue weighted by atomic mass is 9.89. The van der Waals surface area contributed by atoms with Gasteiger partial charge in [0.25, 0.3) is 0 Å². The third-order valence-corrected chi connectivity index (χ3v) is 3.52. The zero-order valence-electron chi connectivity index (χ0n) is 10.8. The van der Waals surface area contributed by atoms with Gasteiger partial charge in [0.05, 0.1) is 7.11 Å². The number of aliphatic hydroxyl groups is 1. The van der Waals surface area contributed by atoms with E-state index in [9.17, 15) is 5.11 Å². The minimum Gasteiger partial charge on any atom is -0.496 e. The third-order valence-electron chi connectivity index (χ3n) is 3.52. The maximum atomic E-state index is 10.5. The largest absolute Gasteiger partial charge is 0.496 e. The molecule has 1 aliphatic heterocycles. The highest BCUT2D eigenvalue weighted by atomic mass is 16.5. The summed E-state index contributed by atoms with van der Waals surface area (Å²) in [5, 5.41) is 13.7. The highest BCUT2D eigenvalue weighted by Crippen LogP contribution is 2.34. The summed E-state index contributed by atoms with van der Waals surface area (Å²) < 4.78 is 5.36. The van der Waals surface area contributed by atoms with Gasteiger partial charge in [-0.1, -0.05) is 19.9 Å². The number of rotatable bonds is 3. The van der Waals surface area contributed by atoms with Gasteiger partial charge in [-0.15, -0.1) is 0 Å². The Bertz CT molecular complexity index is 395. The second kappa shape index (κ2) is 4.67. The Morgan fingerprint density at radius 3 is 2.71 bits per heavy atom. The summed E-state index contributed by atoms with van der Waals surface area (Å²) in [6.07, 6.45) is 0.775. The van der Waals surface area contributed by atoms with Crippen molar-refractivity contribution in [1.29, 1.82) is 0 Å². The summed E-state index contributed by atoms with van der Waals surface area (Å²) >= 11 is 0. The van der Waals surface area contributed by atoms with Crippen LogP contribution in [0.3, 0.4) is 0 Å². The van der Waals surface area contributed by atoms with E-state index >= 15 is 0 Å². The highest BCUT2D eigenvalue weighted by Gasteiger charge is 2.33. The van der Waals surface area contributed by atoms with Crippen molar-refractivity contribution in [2.45, 2.75) is 31.8 Å². The van der Waals surface area contributed by atoms with Crippen LogP contribution < -0.4 is 10.1 Å². The highest BCUT2D eigenvalue weighted by molar-refractivity contribution is 5.41. The molecule has 1 atom stereocenters. The Morgan fingerprint density at radius 1 is 1.41 bits per heavy atom. The van der Waals surface area contributed by atoms with E-state index in [1.54, 1.807) is 7.11 Å². The van der Waals surface area contributed by atoms with Gasteiger partial charge in [0.2, 0.25) is 0 Å². The third kappa shape index (κ3) is 2.31. The average Bonchev–Trinajstić information content (AvgIpc) is 2.76. The molecule has 0 saturated carbocycles. The van der Waals surface area contributed by atoms with Crippen LogP contribution in [0, 0.1) is 0 Å². The molecule has 17 heavy (non-hydrogen) atoms. The Hall–Kier alpha value is -1.06. The lowest BCUT2D eigenvalue weighted by Crippen LogP contribution is -2.28. The normalized spacial score (nSPS) is 24.3. The molecule has 1 saturated heterocycles. The second-order valence-electron chi connectivity index (χ2n) is 5.07. The Kier molecular flexibility index (Phi) is 3.40. The lowest BCUT2D eigenvalue weighted by molar-refractivity contribution is 0.0586. The zero-order chi connectivity index (χ0) is 12.5. The van der Waals surface area contributed by atoms with Crippen molar-refractivity contribution in [1.82, 2.24) is 5.32 Å². The van der Waals surface area contributed by atoms with Gasteiger partial charge in [-0.05, 0) is 42.1 Å². The van der Waals surface area contributed by atoms with Crippen molar-refractivity contribution in [3.8, 4) is 5.75 Å².